The molecular formula is C29H34N4O4. The highest BCUT2D eigenvalue weighted by atomic mass is 16.5. The van der Waals surface area contributed by atoms with Crippen LogP contribution >= 0.6 is 0 Å². The Morgan fingerprint density at radius 1 is 0.973 bits per heavy atom. The number of urea groups is 1. The molecule has 0 bridgehead atoms. The maximum absolute atomic E-state index is 13.1. The van der Waals surface area contributed by atoms with Gasteiger partial charge in [-0.3, -0.25) is 9.78 Å². The Bertz CT molecular complexity index is 1220. The Hall–Kier alpha value is -4.07. The van der Waals surface area contributed by atoms with Crippen molar-refractivity contribution >= 4 is 17.6 Å². The predicted octanol–water partition coefficient (Wildman–Crippen LogP) is 4.79. The zero-order valence-corrected chi connectivity index (χ0v) is 21.6. The molecule has 0 atom stereocenters. The number of benzene rings is 2. The summed E-state index contributed by atoms with van der Waals surface area (Å²) in [7, 11) is 3.21. The smallest absolute Gasteiger partial charge is 0.321 e. The molecule has 0 unspecified atom stereocenters. The number of pyridine rings is 1. The average molecular weight is 503 g/mol. The van der Waals surface area contributed by atoms with Crippen molar-refractivity contribution in [3.63, 3.8) is 0 Å². The summed E-state index contributed by atoms with van der Waals surface area (Å²) < 4.78 is 10.7. The van der Waals surface area contributed by atoms with E-state index in [1.54, 1.807) is 14.2 Å². The second-order valence-corrected chi connectivity index (χ2v) is 9.14. The number of carbonyl (C=O) groups is 2. The topological polar surface area (TPSA) is 92.8 Å². The van der Waals surface area contributed by atoms with E-state index in [4.69, 9.17) is 14.5 Å². The number of rotatable bonds is 8. The lowest BCUT2D eigenvalue weighted by molar-refractivity contribution is 0.0951. The lowest BCUT2D eigenvalue weighted by Gasteiger charge is -2.32. The van der Waals surface area contributed by atoms with E-state index in [0.717, 1.165) is 35.5 Å². The van der Waals surface area contributed by atoms with Crippen molar-refractivity contribution < 1.29 is 19.1 Å². The van der Waals surface area contributed by atoms with E-state index in [0.29, 0.717) is 43.1 Å². The van der Waals surface area contributed by atoms with Gasteiger partial charge in [0.1, 0.15) is 0 Å². The minimum absolute atomic E-state index is 0.102. The van der Waals surface area contributed by atoms with Gasteiger partial charge < -0.3 is 25.0 Å². The van der Waals surface area contributed by atoms with Crippen molar-refractivity contribution in [1.29, 1.82) is 0 Å². The van der Waals surface area contributed by atoms with Crippen LogP contribution in [0, 0.1) is 6.92 Å². The number of nitrogens with one attached hydrogen (secondary N) is 2. The van der Waals surface area contributed by atoms with E-state index in [2.05, 4.69) is 10.6 Å². The van der Waals surface area contributed by atoms with E-state index >= 15 is 0 Å². The Balaban J connectivity index is 1.35. The number of methoxy groups -OCH3 is 2. The molecule has 8 heteroatoms. The van der Waals surface area contributed by atoms with Crippen LogP contribution in [0.3, 0.4) is 0 Å². The van der Waals surface area contributed by atoms with Gasteiger partial charge in [-0.05, 0) is 68.1 Å². The molecule has 1 aromatic heterocycles. The minimum atomic E-state index is -0.132. The normalized spacial score (nSPS) is 13.6. The number of amides is 3. The van der Waals surface area contributed by atoms with Crippen LogP contribution in [0.2, 0.25) is 0 Å². The number of likely N-dealkylation sites (tertiary alicyclic amines) is 1. The molecule has 1 aliphatic rings. The lowest BCUT2D eigenvalue weighted by atomic mass is 9.90. The van der Waals surface area contributed by atoms with E-state index in [-0.39, 0.29) is 17.9 Å². The molecule has 0 aliphatic carbocycles. The van der Waals surface area contributed by atoms with Gasteiger partial charge in [-0.15, -0.1) is 0 Å². The quantitative estimate of drug-likeness (QED) is 0.462. The van der Waals surface area contributed by atoms with Crippen molar-refractivity contribution in [2.45, 2.75) is 32.1 Å². The number of hydrogen-bond acceptors (Lipinski definition) is 5. The summed E-state index contributed by atoms with van der Waals surface area (Å²) in [5.41, 5.74) is 4.11. The SMILES string of the molecule is COc1ccc(CCNC(=O)c2ccc(C)nc2C2CCN(C(=O)Nc3ccccc3)CC2)cc1OC. The highest BCUT2D eigenvalue weighted by Gasteiger charge is 2.28. The maximum atomic E-state index is 13.1. The second kappa shape index (κ2) is 12.3. The zero-order chi connectivity index (χ0) is 26.2. The molecule has 0 radical (unpaired) electrons. The van der Waals surface area contributed by atoms with Crippen LogP contribution in [0.4, 0.5) is 10.5 Å². The second-order valence-electron chi connectivity index (χ2n) is 9.14. The third-order valence-electron chi connectivity index (χ3n) is 6.65. The van der Waals surface area contributed by atoms with Gasteiger partial charge in [0, 0.05) is 36.9 Å². The minimum Gasteiger partial charge on any atom is -0.493 e. The van der Waals surface area contributed by atoms with Crippen LogP contribution in [-0.4, -0.2) is 55.7 Å². The molecule has 2 heterocycles. The molecule has 8 nitrogen and oxygen atoms in total. The standard InChI is InChI=1S/C29H34N4O4/c1-20-9-11-24(28(34)30-16-13-21-10-12-25(36-2)26(19-21)37-3)27(31-20)22-14-17-33(18-15-22)29(35)32-23-7-5-4-6-8-23/h4-12,19,22H,13-18H2,1-3H3,(H,30,34)(H,32,35). The van der Waals surface area contributed by atoms with Gasteiger partial charge in [0.05, 0.1) is 25.5 Å². The van der Waals surface area contributed by atoms with Crippen LogP contribution in [0.1, 0.15) is 46.1 Å². The molecule has 1 aliphatic heterocycles. The first-order valence-corrected chi connectivity index (χ1v) is 12.6. The Labute approximate surface area is 218 Å². The van der Waals surface area contributed by atoms with Crippen molar-refractivity contribution in [1.82, 2.24) is 15.2 Å². The van der Waals surface area contributed by atoms with E-state index in [9.17, 15) is 9.59 Å². The number of aryl methyl sites for hydroxylation is 1. The van der Waals surface area contributed by atoms with E-state index in [1.807, 2.05) is 72.5 Å². The van der Waals surface area contributed by atoms with Crippen LogP contribution in [0.15, 0.2) is 60.7 Å². The van der Waals surface area contributed by atoms with Gasteiger partial charge in [0.15, 0.2) is 11.5 Å². The van der Waals surface area contributed by atoms with Gasteiger partial charge in [0.2, 0.25) is 0 Å². The largest absolute Gasteiger partial charge is 0.493 e. The van der Waals surface area contributed by atoms with E-state index < -0.39 is 0 Å². The monoisotopic (exact) mass is 502 g/mol. The summed E-state index contributed by atoms with van der Waals surface area (Å²) in [5.74, 6) is 1.33. The summed E-state index contributed by atoms with van der Waals surface area (Å²) in [5, 5.41) is 5.99. The summed E-state index contributed by atoms with van der Waals surface area (Å²) in [6, 6.07) is 18.8. The van der Waals surface area contributed by atoms with Gasteiger partial charge in [-0.25, -0.2) is 4.79 Å². The fourth-order valence-electron chi connectivity index (χ4n) is 4.61. The Morgan fingerprint density at radius 2 is 1.70 bits per heavy atom. The van der Waals surface area contributed by atoms with Crippen LogP contribution in [0.5, 0.6) is 11.5 Å². The van der Waals surface area contributed by atoms with Crippen LogP contribution < -0.4 is 20.1 Å². The number of para-hydroxylation sites is 1. The van der Waals surface area contributed by atoms with Crippen molar-refractivity contribution in [2.75, 3.05) is 39.2 Å². The highest BCUT2D eigenvalue weighted by molar-refractivity contribution is 5.95. The number of aromatic nitrogens is 1. The van der Waals surface area contributed by atoms with Gasteiger partial charge >= 0.3 is 6.03 Å². The molecule has 3 amide bonds. The summed E-state index contributed by atoms with van der Waals surface area (Å²) >= 11 is 0. The Morgan fingerprint density at radius 3 is 2.41 bits per heavy atom. The molecule has 1 fully saturated rings. The average Bonchev–Trinajstić information content (AvgIpc) is 2.93. The Kier molecular flexibility index (Phi) is 8.61. The molecule has 0 spiro atoms. The number of nitrogens with zero attached hydrogens (tertiary/aromatic N) is 2. The molecule has 2 N–H and O–H groups in total. The molecule has 2 aromatic carbocycles. The summed E-state index contributed by atoms with van der Waals surface area (Å²) in [6.45, 7) is 3.64. The number of anilines is 1. The van der Waals surface area contributed by atoms with Crippen molar-refractivity contribution in [3.05, 3.63) is 83.2 Å². The first kappa shape index (κ1) is 26.0. The summed E-state index contributed by atoms with van der Waals surface area (Å²) in [6.07, 6.45) is 2.17. The van der Waals surface area contributed by atoms with Gasteiger partial charge in [0.25, 0.3) is 5.91 Å². The number of ether oxygens (including phenoxy) is 2. The van der Waals surface area contributed by atoms with E-state index in [1.165, 1.54) is 0 Å². The maximum Gasteiger partial charge on any atom is 0.321 e. The molecule has 4 rings (SSSR count). The molecule has 1 saturated heterocycles. The predicted molar refractivity (Wildman–Crippen MR) is 144 cm³/mol. The fourth-order valence-corrected chi connectivity index (χ4v) is 4.61. The third kappa shape index (κ3) is 6.58. The first-order chi connectivity index (χ1) is 18.0. The van der Waals surface area contributed by atoms with Gasteiger partial charge in [-0.2, -0.15) is 0 Å². The van der Waals surface area contributed by atoms with Crippen molar-refractivity contribution in [2.24, 2.45) is 0 Å². The number of piperidine rings is 1. The number of hydrogen-bond donors (Lipinski definition) is 2. The molecule has 0 saturated carbocycles. The zero-order valence-electron chi connectivity index (χ0n) is 21.6. The van der Waals surface area contributed by atoms with Crippen LogP contribution in [-0.2, 0) is 6.42 Å². The fraction of sp³-hybridized carbons (Fsp3) is 0.345. The molecule has 3 aromatic rings. The van der Waals surface area contributed by atoms with Gasteiger partial charge in [-0.1, -0.05) is 24.3 Å². The molecular weight excluding hydrogens is 468 g/mol. The molecule has 194 valence electrons. The lowest BCUT2D eigenvalue weighted by Crippen LogP contribution is -2.41. The molecule has 37 heavy (non-hydrogen) atoms. The highest BCUT2D eigenvalue weighted by Crippen LogP contribution is 2.30. The number of carbonyl (C=O) groups excluding carboxylic acids is 2. The first-order valence-electron chi connectivity index (χ1n) is 12.6. The third-order valence-corrected chi connectivity index (χ3v) is 6.65. The summed E-state index contributed by atoms with van der Waals surface area (Å²) in [4.78, 5) is 32.4. The van der Waals surface area contributed by atoms with Crippen molar-refractivity contribution in [3.8, 4) is 11.5 Å². The van der Waals surface area contributed by atoms with Crippen LogP contribution in [0.25, 0.3) is 0 Å².